The molecule has 2 aliphatic rings. The van der Waals surface area contributed by atoms with Crippen LogP contribution >= 0.6 is 0 Å². The Hall–Kier alpha value is -5.57. The number of nitrogens with zero attached hydrogens (tertiary/aromatic N) is 1. The van der Waals surface area contributed by atoms with Gasteiger partial charge in [-0.25, -0.2) is 0 Å². The summed E-state index contributed by atoms with van der Waals surface area (Å²) in [6.07, 6.45) is 0. The van der Waals surface area contributed by atoms with Crippen LogP contribution < -0.4 is 5.32 Å². The molecule has 7 nitrogen and oxygen atoms in total. The Kier molecular flexibility index (Phi) is 7.00. The molecule has 0 radical (unpaired) electrons. The summed E-state index contributed by atoms with van der Waals surface area (Å²) in [4.78, 5) is 29.0. The van der Waals surface area contributed by atoms with E-state index in [1.54, 1.807) is 12.1 Å². The quantitative estimate of drug-likeness (QED) is 0.203. The molecule has 5 aromatic rings. The van der Waals surface area contributed by atoms with Crippen molar-refractivity contribution in [2.45, 2.75) is 11.4 Å². The zero-order chi connectivity index (χ0) is 31.1. The third kappa shape index (κ3) is 5.16. The highest BCUT2D eigenvalue weighted by molar-refractivity contribution is 7.85. The van der Waals surface area contributed by atoms with Gasteiger partial charge in [0.15, 0.2) is 0 Å². The Labute approximate surface area is 260 Å². The second-order valence-corrected chi connectivity index (χ2v) is 12.2. The van der Waals surface area contributed by atoms with E-state index >= 15 is 0 Å². The zero-order valence-electron chi connectivity index (χ0n) is 23.8. The maximum atomic E-state index is 14.3. The van der Waals surface area contributed by atoms with Gasteiger partial charge < -0.3 is 10.2 Å². The van der Waals surface area contributed by atoms with Crippen molar-refractivity contribution in [2.75, 3.05) is 0 Å². The van der Waals surface area contributed by atoms with Crippen LogP contribution in [-0.4, -0.2) is 29.7 Å². The Morgan fingerprint density at radius 1 is 0.556 bits per heavy atom. The molecule has 8 heteroatoms. The van der Waals surface area contributed by atoms with Crippen molar-refractivity contribution in [3.8, 4) is 22.3 Å². The SMILES string of the molecule is O=C1NC(c2ccc(-c3ccccc3)cc2)=C2C(=O)N(Cc3ccccc3S(=O)(=O)O)C(c3ccc(-c4ccccc4)cc3)=C12. The normalized spacial score (nSPS) is 14.6. The maximum Gasteiger partial charge on any atom is 0.294 e. The van der Waals surface area contributed by atoms with Crippen LogP contribution in [-0.2, 0) is 26.3 Å². The van der Waals surface area contributed by atoms with Crippen molar-refractivity contribution in [3.63, 3.8) is 0 Å². The second kappa shape index (κ2) is 11.2. The molecule has 0 saturated carbocycles. The molecule has 45 heavy (non-hydrogen) atoms. The predicted octanol–water partition coefficient (Wildman–Crippen LogP) is 6.56. The molecule has 7 rings (SSSR count). The van der Waals surface area contributed by atoms with Gasteiger partial charge in [-0.3, -0.25) is 14.1 Å². The molecule has 0 aliphatic carbocycles. The summed E-state index contributed by atoms with van der Waals surface area (Å²) < 4.78 is 34.3. The molecule has 0 unspecified atom stereocenters. The molecule has 0 aromatic heterocycles. The summed E-state index contributed by atoms with van der Waals surface area (Å²) in [6, 6.07) is 40.8. The number of hydrogen-bond acceptors (Lipinski definition) is 4. The average molecular weight is 611 g/mol. The first-order valence-electron chi connectivity index (χ1n) is 14.3. The minimum Gasteiger partial charge on any atom is -0.321 e. The topological polar surface area (TPSA) is 104 Å². The van der Waals surface area contributed by atoms with E-state index in [1.807, 2.05) is 109 Å². The Morgan fingerprint density at radius 2 is 1.02 bits per heavy atom. The number of fused-ring (bicyclic) bond motifs is 1. The zero-order valence-corrected chi connectivity index (χ0v) is 24.7. The molecule has 2 heterocycles. The highest BCUT2D eigenvalue weighted by Gasteiger charge is 2.45. The number of hydrogen-bond donors (Lipinski definition) is 2. The number of benzene rings is 5. The first kappa shape index (κ1) is 28.2. The van der Waals surface area contributed by atoms with Crippen molar-refractivity contribution in [3.05, 3.63) is 161 Å². The fraction of sp³-hybridized carbons (Fsp3) is 0.0270. The van der Waals surface area contributed by atoms with Crippen LogP contribution in [0.3, 0.4) is 0 Å². The largest absolute Gasteiger partial charge is 0.321 e. The molecule has 2 amide bonds. The third-order valence-corrected chi connectivity index (χ3v) is 9.01. The molecule has 2 aliphatic heterocycles. The predicted molar refractivity (Wildman–Crippen MR) is 173 cm³/mol. The molecular weight excluding hydrogens is 584 g/mol. The smallest absolute Gasteiger partial charge is 0.294 e. The number of amides is 2. The second-order valence-electron chi connectivity index (χ2n) is 10.8. The van der Waals surface area contributed by atoms with E-state index in [0.29, 0.717) is 22.5 Å². The highest BCUT2D eigenvalue weighted by atomic mass is 32.2. The van der Waals surface area contributed by atoms with E-state index in [-0.39, 0.29) is 28.1 Å². The van der Waals surface area contributed by atoms with Crippen molar-refractivity contribution in [1.29, 1.82) is 0 Å². The first-order chi connectivity index (χ1) is 21.8. The van der Waals surface area contributed by atoms with E-state index in [4.69, 9.17) is 0 Å². The highest BCUT2D eigenvalue weighted by Crippen LogP contribution is 2.44. The van der Waals surface area contributed by atoms with Gasteiger partial charge in [0.05, 0.1) is 34.0 Å². The van der Waals surface area contributed by atoms with Gasteiger partial charge in [0.25, 0.3) is 21.9 Å². The van der Waals surface area contributed by atoms with E-state index in [9.17, 15) is 22.6 Å². The van der Waals surface area contributed by atoms with Crippen LogP contribution in [0.5, 0.6) is 0 Å². The number of nitrogens with one attached hydrogen (secondary N) is 1. The number of carbonyl (C=O) groups excluding carboxylic acids is 2. The summed E-state index contributed by atoms with van der Waals surface area (Å²) in [5.74, 6) is -0.869. The molecule has 220 valence electrons. The monoisotopic (exact) mass is 610 g/mol. The molecule has 0 bridgehead atoms. The van der Waals surface area contributed by atoms with Crippen LogP contribution in [0.1, 0.15) is 16.7 Å². The van der Waals surface area contributed by atoms with Gasteiger partial charge in [0.1, 0.15) is 0 Å². The molecule has 0 saturated heterocycles. The summed E-state index contributed by atoms with van der Waals surface area (Å²) in [5, 5.41) is 2.92. The molecule has 0 spiro atoms. The van der Waals surface area contributed by atoms with Gasteiger partial charge in [-0.2, -0.15) is 8.42 Å². The molecular formula is C37H26N2O5S. The van der Waals surface area contributed by atoms with Crippen molar-refractivity contribution >= 4 is 33.3 Å². The Balaban J connectivity index is 1.36. The third-order valence-electron chi connectivity index (χ3n) is 8.06. The van der Waals surface area contributed by atoms with Gasteiger partial charge in [0, 0.05) is 0 Å². The average Bonchev–Trinajstić information content (AvgIpc) is 3.55. The van der Waals surface area contributed by atoms with E-state index < -0.39 is 21.9 Å². The fourth-order valence-electron chi connectivity index (χ4n) is 5.92. The van der Waals surface area contributed by atoms with Gasteiger partial charge in [0.2, 0.25) is 0 Å². The van der Waals surface area contributed by atoms with Crippen molar-refractivity contribution < 1.29 is 22.6 Å². The Morgan fingerprint density at radius 3 is 1.58 bits per heavy atom. The minimum atomic E-state index is -4.57. The van der Waals surface area contributed by atoms with E-state index in [2.05, 4.69) is 5.32 Å². The molecule has 0 atom stereocenters. The summed E-state index contributed by atoms with van der Waals surface area (Å²) >= 11 is 0. The van der Waals surface area contributed by atoms with Crippen molar-refractivity contribution in [2.24, 2.45) is 0 Å². The summed E-state index contributed by atoms with van der Waals surface area (Å²) in [6.45, 7) is -0.176. The van der Waals surface area contributed by atoms with E-state index in [1.165, 1.54) is 17.0 Å². The van der Waals surface area contributed by atoms with Gasteiger partial charge in [-0.15, -0.1) is 0 Å². The van der Waals surface area contributed by atoms with Crippen LogP contribution in [0.2, 0.25) is 0 Å². The van der Waals surface area contributed by atoms with Crippen LogP contribution in [0.15, 0.2) is 150 Å². The van der Waals surface area contributed by atoms with E-state index in [0.717, 1.165) is 22.3 Å². The maximum absolute atomic E-state index is 14.3. The fourth-order valence-corrected chi connectivity index (χ4v) is 6.64. The number of rotatable bonds is 7. The molecule has 0 fully saturated rings. The first-order valence-corrected chi connectivity index (χ1v) is 15.7. The Bertz CT molecular complexity index is 2140. The minimum absolute atomic E-state index is 0.176. The lowest BCUT2D eigenvalue weighted by Gasteiger charge is -2.23. The summed E-state index contributed by atoms with van der Waals surface area (Å²) in [5.41, 5.74) is 6.72. The molecule has 2 N–H and O–H groups in total. The van der Waals surface area contributed by atoms with Gasteiger partial charge in [-0.05, 0) is 45.0 Å². The lowest BCUT2D eigenvalue weighted by molar-refractivity contribution is -0.123. The lowest BCUT2D eigenvalue weighted by Crippen LogP contribution is -2.27. The van der Waals surface area contributed by atoms with Gasteiger partial charge >= 0.3 is 0 Å². The van der Waals surface area contributed by atoms with Crippen LogP contribution in [0, 0.1) is 0 Å². The summed E-state index contributed by atoms with van der Waals surface area (Å²) in [7, 11) is -4.57. The standard InChI is InChI=1S/C37H26N2O5S/c40-36-33-32(34(38-36)28-19-15-26(16-20-28)24-9-3-1-4-10-24)37(41)39(23-30-13-7-8-14-31(30)45(42,43)44)35(33)29-21-17-27(18-22-29)25-11-5-2-6-12-25/h1-22H,23H2,(H,38,40)(H,42,43,44). The van der Waals surface area contributed by atoms with Crippen LogP contribution in [0.25, 0.3) is 33.6 Å². The molecule has 5 aromatic carbocycles. The number of carbonyl (C=O) groups is 2. The van der Waals surface area contributed by atoms with Gasteiger partial charge in [-0.1, -0.05) is 127 Å². The van der Waals surface area contributed by atoms with Crippen molar-refractivity contribution in [1.82, 2.24) is 10.2 Å². The lowest BCUT2D eigenvalue weighted by atomic mass is 9.98. The van der Waals surface area contributed by atoms with Crippen LogP contribution in [0.4, 0.5) is 0 Å².